The van der Waals surface area contributed by atoms with E-state index in [-0.39, 0.29) is 12.5 Å². The Balaban J connectivity index is 1.19. The number of carbonyl (C=O) groups is 1. The average Bonchev–Trinajstić information content (AvgIpc) is 2.64. The van der Waals surface area contributed by atoms with E-state index in [2.05, 4.69) is 10.5 Å². The fraction of sp³-hybridized carbons (Fsp3) is 0.636. The fourth-order valence-electron chi connectivity index (χ4n) is 5.85. The highest BCUT2D eigenvalue weighted by molar-refractivity contribution is 5.80. The Morgan fingerprint density at radius 2 is 1.78 bits per heavy atom. The van der Waals surface area contributed by atoms with E-state index >= 15 is 0 Å². The second-order valence-electron chi connectivity index (χ2n) is 8.70. The Bertz CT molecular complexity index is 648. The zero-order valence-electron chi connectivity index (χ0n) is 16.2. The summed E-state index contributed by atoms with van der Waals surface area (Å²) in [6.07, 6.45) is 9.80. The Morgan fingerprint density at radius 1 is 1.15 bits per heavy atom. The van der Waals surface area contributed by atoms with Gasteiger partial charge in [0.05, 0.1) is 12.8 Å². The molecule has 0 radical (unpaired) electrons. The number of nitrogens with zero attached hydrogens (tertiary/aromatic N) is 1. The highest BCUT2D eigenvalue weighted by atomic mass is 16.6. The Hall–Kier alpha value is -2.04. The van der Waals surface area contributed by atoms with Crippen molar-refractivity contribution in [2.75, 3.05) is 19.8 Å². The number of nitrogens with one attached hydrogen (secondary N) is 1. The minimum atomic E-state index is -0.0745. The lowest BCUT2D eigenvalue weighted by molar-refractivity contribution is -0.127. The molecule has 0 aromatic heterocycles. The van der Waals surface area contributed by atoms with Gasteiger partial charge in [0.1, 0.15) is 5.75 Å². The second-order valence-corrected chi connectivity index (χ2v) is 8.70. The number of ether oxygens (including phenoxy) is 1. The van der Waals surface area contributed by atoms with Crippen LogP contribution in [0.2, 0.25) is 0 Å². The lowest BCUT2D eigenvalue weighted by Gasteiger charge is -2.56. The van der Waals surface area contributed by atoms with E-state index in [9.17, 15) is 4.79 Å². The third-order valence-corrected chi connectivity index (χ3v) is 6.49. The van der Waals surface area contributed by atoms with Crippen LogP contribution in [0.15, 0.2) is 29.4 Å². The molecule has 0 unspecified atom stereocenters. The molecular formula is C22H30N2O3. The van der Waals surface area contributed by atoms with Crippen molar-refractivity contribution in [2.45, 2.75) is 45.4 Å². The molecule has 1 N–H and O–H groups in total. The molecular weight excluding hydrogens is 340 g/mol. The smallest absolute Gasteiger partial charge is 0.260 e. The molecule has 5 heteroatoms. The van der Waals surface area contributed by atoms with Crippen LogP contribution in [-0.4, -0.2) is 31.9 Å². The van der Waals surface area contributed by atoms with Gasteiger partial charge < -0.3 is 14.9 Å². The Labute approximate surface area is 161 Å². The van der Waals surface area contributed by atoms with Crippen LogP contribution < -0.4 is 10.1 Å². The molecule has 27 heavy (non-hydrogen) atoms. The maximum Gasteiger partial charge on any atom is 0.260 e. The first-order chi connectivity index (χ1) is 13.1. The van der Waals surface area contributed by atoms with Crippen molar-refractivity contribution in [1.29, 1.82) is 0 Å². The molecule has 4 aliphatic carbocycles. The molecule has 4 saturated carbocycles. The van der Waals surface area contributed by atoms with Gasteiger partial charge >= 0.3 is 0 Å². The molecule has 1 aromatic rings. The van der Waals surface area contributed by atoms with Gasteiger partial charge in [0.25, 0.3) is 5.91 Å². The number of amides is 1. The normalized spacial score (nSPS) is 31.2. The van der Waals surface area contributed by atoms with E-state index in [0.717, 1.165) is 35.6 Å². The van der Waals surface area contributed by atoms with Gasteiger partial charge in [0, 0.05) is 6.54 Å². The van der Waals surface area contributed by atoms with Crippen LogP contribution in [0.3, 0.4) is 0 Å². The van der Waals surface area contributed by atoms with Gasteiger partial charge in [0.15, 0.2) is 6.61 Å². The molecule has 0 heterocycles. The summed E-state index contributed by atoms with van der Waals surface area (Å²) in [5.41, 5.74) is 1.27. The molecule has 4 fully saturated rings. The number of oxime groups is 1. The largest absolute Gasteiger partial charge is 0.494 e. The molecule has 0 atom stereocenters. The Kier molecular flexibility index (Phi) is 5.37. The monoisotopic (exact) mass is 370 g/mol. The molecule has 5 rings (SSSR count). The van der Waals surface area contributed by atoms with Crippen LogP contribution in [0.5, 0.6) is 5.75 Å². The number of carbonyl (C=O) groups excluding carboxylic acids is 1. The van der Waals surface area contributed by atoms with E-state index in [1.54, 1.807) is 6.21 Å². The van der Waals surface area contributed by atoms with Gasteiger partial charge in [0.2, 0.25) is 0 Å². The first kappa shape index (κ1) is 18.3. The highest BCUT2D eigenvalue weighted by Crippen LogP contribution is 2.59. The molecule has 4 bridgehead atoms. The number of rotatable bonds is 8. The summed E-state index contributed by atoms with van der Waals surface area (Å²) < 4.78 is 5.40. The van der Waals surface area contributed by atoms with Crippen LogP contribution in [0.4, 0.5) is 0 Å². The standard InChI is InChI=1S/C22H30N2O3/c1-2-26-20-5-3-16(4-6-20)13-24-27-14-21(25)23-15-22-10-17-7-18(11-22)9-19(8-17)12-22/h3-6,13,17-19H,2,7-12,14-15H2,1H3,(H,23,25)/b24-13-. The summed E-state index contributed by atoms with van der Waals surface area (Å²) in [5.74, 6) is 3.48. The van der Waals surface area contributed by atoms with Crippen molar-refractivity contribution in [3.05, 3.63) is 29.8 Å². The van der Waals surface area contributed by atoms with Crippen LogP contribution >= 0.6 is 0 Å². The predicted octanol–water partition coefficient (Wildman–Crippen LogP) is 3.77. The van der Waals surface area contributed by atoms with Gasteiger partial charge in [-0.1, -0.05) is 5.16 Å². The molecule has 1 aromatic carbocycles. The van der Waals surface area contributed by atoms with E-state index in [4.69, 9.17) is 9.57 Å². The topological polar surface area (TPSA) is 59.9 Å². The zero-order chi connectivity index (χ0) is 18.7. The van der Waals surface area contributed by atoms with Gasteiger partial charge in [-0.3, -0.25) is 4.79 Å². The minimum absolute atomic E-state index is 0.0279. The van der Waals surface area contributed by atoms with E-state index in [0.29, 0.717) is 12.0 Å². The van der Waals surface area contributed by atoms with Crippen LogP contribution in [0.25, 0.3) is 0 Å². The van der Waals surface area contributed by atoms with Crippen LogP contribution in [-0.2, 0) is 9.63 Å². The molecule has 1 amide bonds. The van der Waals surface area contributed by atoms with Gasteiger partial charge in [-0.25, -0.2) is 0 Å². The summed E-state index contributed by atoms with van der Waals surface area (Å²) in [5, 5.41) is 7.01. The summed E-state index contributed by atoms with van der Waals surface area (Å²) in [6, 6.07) is 7.60. The fourth-order valence-corrected chi connectivity index (χ4v) is 5.85. The maximum atomic E-state index is 12.1. The van der Waals surface area contributed by atoms with Gasteiger partial charge in [-0.2, -0.15) is 0 Å². The molecule has 0 aliphatic heterocycles. The summed E-state index contributed by atoms with van der Waals surface area (Å²) in [6.45, 7) is 3.38. The number of hydrogen-bond donors (Lipinski definition) is 1. The van der Waals surface area contributed by atoms with Crippen molar-refractivity contribution in [2.24, 2.45) is 28.3 Å². The number of hydrogen-bond acceptors (Lipinski definition) is 4. The van der Waals surface area contributed by atoms with Crippen molar-refractivity contribution in [3.8, 4) is 5.75 Å². The average molecular weight is 370 g/mol. The molecule has 0 spiro atoms. The molecule has 5 nitrogen and oxygen atoms in total. The van der Waals surface area contributed by atoms with Crippen LogP contribution in [0.1, 0.15) is 51.0 Å². The first-order valence-corrected chi connectivity index (χ1v) is 10.3. The van der Waals surface area contributed by atoms with E-state index in [1.807, 2.05) is 31.2 Å². The molecule has 146 valence electrons. The van der Waals surface area contributed by atoms with Crippen molar-refractivity contribution in [1.82, 2.24) is 5.32 Å². The van der Waals surface area contributed by atoms with Crippen molar-refractivity contribution >= 4 is 12.1 Å². The summed E-state index contributed by atoms with van der Waals surface area (Å²) in [7, 11) is 0. The third kappa shape index (κ3) is 4.45. The van der Waals surface area contributed by atoms with Crippen molar-refractivity contribution in [3.63, 3.8) is 0 Å². The molecule has 0 saturated heterocycles. The van der Waals surface area contributed by atoms with Gasteiger partial charge in [-0.05, 0) is 98.4 Å². The maximum absolute atomic E-state index is 12.1. The Morgan fingerprint density at radius 3 is 2.37 bits per heavy atom. The minimum Gasteiger partial charge on any atom is -0.494 e. The zero-order valence-corrected chi connectivity index (χ0v) is 16.2. The second kappa shape index (κ2) is 7.91. The van der Waals surface area contributed by atoms with Crippen molar-refractivity contribution < 1.29 is 14.4 Å². The lowest BCUT2D eigenvalue weighted by Crippen LogP contribution is -2.51. The lowest BCUT2D eigenvalue weighted by atomic mass is 9.49. The summed E-state index contributed by atoms with van der Waals surface area (Å²) in [4.78, 5) is 17.3. The first-order valence-electron chi connectivity index (χ1n) is 10.3. The summed E-state index contributed by atoms with van der Waals surface area (Å²) >= 11 is 0. The quantitative estimate of drug-likeness (QED) is 0.560. The van der Waals surface area contributed by atoms with Crippen LogP contribution in [0, 0.1) is 23.2 Å². The SMILES string of the molecule is CCOc1ccc(/C=N\OCC(=O)NCC23CC4CC(CC(C4)C2)C3)cc1. The van der Waals surface area contributed by atoms with Gasteiger partial charge in [-0.15, -0.1) is 0 Å². The van der Waals surface area contributed by atoms with E-state index in [1.165, 1.54) is 38.5 Å². The third-order valence-electron chi connectivity index (χ3n) is 6.49. The van der Waals surface area contributed by atoms with E-state index < -0.39 is 0 Å². The number of benzene rings is 1. The molecule has 4 aliphatic rings. The highest BCUT2D eigenvalue weighted by Gasteiger charge is 2.50. The predicted molar refractivity (Wildman–Crippen MR) is 105 cm³/mol.